The molecule has 0 amide bonds. The van der Waals surface area contributed by atoms with Crippen LogP contribution in [0.5, 0.6) is 0 Å². The van der Waals surface area contributed by atoms with E-state index in [0.29, 0.717) is 0 Å². The molecule has 1 aliphatic heterocycles. The van der Waals surface area contributed by atoms with E-state index in [1.807, 2.05) is 0 Å². The van der Waals surface area contributed by atoms with Crippen molar-refractivity contribution in [3.8, 4) is 0 Å². The Labute approximate surface area is 99.0 Å². The summed E-state index contributed by atoms with van der Waals surface area (Å²) in [5, 5.41) is 1.51. The summed E-state index contributed by atoms with van der Waals surface area (Å²) in [6.07, 6.45) is 2.16. The molecule has 1 saturated heterocycles. The maximum Gasteiger partial charge on any atom is 0.0278 e. The van der Waals surface area contributed by atoms with Crippen molar-refractivity contribution >= 4 is 11.8 Å². The van der Waals surface area contributed by atoms with Crippen LogP contribution in [-0.4, -0.2) is 40.6 Å². The van der Waals surface area contributed by atoms with Crippen LogP contribution in [0.2, 0.25) is 0 Å². The molecule has 0 aromatic heterocycles. The monoisotopic (exact) mass is 230 g/mol. The average molecular weight is 230 g/mol. The van der Waals surface area contributed by atoms with Gasteiger partial charge in [0.2, 0.25) is 0 Å². The zero-order valence-electron chi connectivity index (χ0n) is 10.6. The van der Waals surface area contributed by atoms with Crippen LogP contribution in [0.1, 0.15) is 40.5 Å². The van der Waals surface area contributed by atoms with Gasteiger partial charge in [0.05, 0.1) is 0 Å². The fourth-order valence-corrected chi connectivity index (χ4v) is 3.72. The van der Waals surface area contributed by atoms with Gasteiger partial charge in [0.25, 0.3) is 0 Å². The SMILES string of the molecule is CCC(N)(CC)CN1CC(C)SC(C)C1. The summed E-state index contributed by atoms with van der Waals surface area (Å²) in [5.41, 5.74) is 6.40. The summed E-state index contributed by atoms with van der Waals surface area (Å²) in [5.74, 6) is 0. The lowest BCUT2D eigenvalue weighted by Gasteiger charge is -2.40. The van der Waals surface area contributed by atoms with Gasteiger partial charge < -0.3 is 5.73 Å². The predicted molar refractivity (Wildman–Crippen MR) is 70.5 cm³/mol. The molecule has 1 rings (SSSR count). The average Bonchev–Trinajstić information content (AvgIpc) is 2.16. The van der Waals surface area contributed by atoms with Crippen LogP contribution in [0.15, 0.2) is 0 Å². The third-order valence-corrected chi connectivity index (χ3v) is 4.67. The van der Waals surface area contributed by atoms with E-state index >= 15 is 0 Å². The first-order valence-corrected chi connectivity index (χ1v) is 7.10. The third-order valence-electron chi connectivity index (χ3n) is 3.44. The van der Waals surface area contributed by atoms with Gasteiger partial charge in [0, 0.05) is 35.7 Å². The van der Waals surface area contributed by atoms with Gasteiger partial charge in [-0.05, 0) is 12.8 Å². The van der Waals surface area contributed by atoms with Gasteiger partial charge in [0.15, 0.2) is 0 Å². The molecular formula is C12H26N2S. The Morgan fingerprint density at radius 3 is 2.07 bits per heavy atom. The Kier molecular flexibility index (Phi) is 4.94. The molecule has 1 fully saturated rings. The molecule has 0 spiro atoms. The van der Waals surface area contributed by atoms with Crippen molar-refractivity contribution < 1.29 is 0 Å². The van der Waals surface area contributed by atoms with Crippen molar-refractivity contribution in [2.24, 2.45) is 5.73 Å². The molecule has 2 N–H and O–H groups in total. The number of nitrogens with two attached hydrogens (primary N) is 1. The smallest absolute Gasteiger partial charge is 0.0278 e. The Balaban J connectivity index is 2.49. The Morgan fingerprint density at radius 2 is 1.67 bits per heavy atom. The summed E-state index contributed by atoms with van der Waals surface area (Å²) >= 11 is 2.10. The van der Waals surface area contributed by atoms with Gasteiger partial charge >= 0.3 is 0 Å². The van der Waals surface area contributed by atoms with E-state index < -0.39 is 0 Å². The first-order valence-electron chi connectivity index (χ1n) is 6.15. The van der Waals surface area contributed by atoms with Gasteiger partial charge in [-0.2, -0.15) is 11.8 Å². The topological polar surface area (TPSA) is 29.3 Å². The standard InChI is InChI=1S/C12H26N2S/c1-5-12(13,6-2)9-14-7-10(3)15-11(4)8-14/h10-11H,5-9,13H2,1-4H3. The van der Waals surface area contributed by atoms with Gasteiger partial charge in [-0.3, -0.25) is 4.90 Å². The molecule has 1 aliphatic rings. The molecule has 15 heavy (non-hydrogen) atoms. The minimum atomic E-state index is 0.0292. The second kappa shape index (κ2) is 5.55. The minimum Gasteiger partial charge on any atom is -0.324 e. The molecule has 0 aromatic carbocycles. The molecule has 2 unspecified atom stereocenters. The molecule has 2 atom stereocenters. The number of rotatable bonds is 4. The molecule has 0 saturated carbocycles. The number of nitrogens with zero attached hydrogens (tertiary/aromatic N) is 1. The van der Waals surface area contributed by atoms with Crippen molar-refractivity contribution in [3.63, 3.8) is 0 Å². The van der Waals surface area contributed by atoms with E-state index in [4.69, 9.17) is 5.73 Å². The van der Waals surface area contributed by atoms with E-state index in [-0.39, 0.29) is 5.54 Å². The summed E-state index contributed by atoms with van der Waals surface area (Å²) in [6, 6.07) is 0. The highest BCUT2D eigenvalue weighted by molar-refractivity contribution is 8.00. The van der Waals surface area contributed by atoms with Crippen LogP contribution in [0.3, 0.4) is 0 Å². The second-order valence-corrected chi connectivity index (χ2v) is 6.90. The lowest BCUT2D eigenvalue weighted by atomic mass is 9.93. The van der Waals surface area contributed by atoms with E-state index in [2.05, 4.69) is 44.4 Å². The van der Waals surface area contributed by atoms with E-state index in [1.165, 1.54) is 13.1 Å². The van der Waals surface area contributed by atoms with E-state index in [9.17, 15) is 0 Å². The summed E-state index contributed by atoms with van der Waals surface area (Å²) < 4.78 is 0. The molecule has 0 bridgehead atoms. The number of hydrogen-bond donors (Lipinski definition) is 1. The normalized spacial score (nSPS) is 29.4. The van der Waals surface area contributed by atoms with E-state index in [0.717, 1.165) is 29.9 Å². The van der Waals surface area contributed by atoms with E-state index in [1.54, 1.807) is 0 Å². The maximum atomic E-state index is 6.37. The fourth-order valence-electron chi connectivity index (χ4n) is 2.33. The molecule has 0 aliphatic carbocycles. The van der Waals surface area contributed by atoms with Gasteiger partial charge in [0.1, 0.15) is 0 Å². The summed E-state index contributed by atoms with van der Waals surface area (Å²) in [4.78, 5) is 2.55. The van der Waals surface area contributed by atoms with Crippen LogP contribution in [-0.2, 0) is 0 Å². The Bertz CT molecular complexity index is 182. The zero-order valence-corrected chi connectivity index (χ0v) is 11.4. The largest absolute Gasteiger partial charge is 0.324 e. The third kappa shape index (κ3) is 3.97. The quantitative estimate of drug-likeness (QED) is 0.804. The van der Waals surface area contributed by atoms with Crippen molar-refractivity contribution in [3.05, 3.63) is 0 Å². The maximum absolute atomic E-state index is 6.37. The number of hydrogen-bond acceptors (Lipinski definition) is 3. The van der Waals surface area contributed by atoms with Crippen LogP contribution >= 0.6 is 11.8 Å². The lowest BCUT2D eigenvalue weighted by molar-refractivity contribution is 0.197. The summed E-state index contributed by atoms with van der Waals surface area (Å²) in [7, 11) is 0. The first kappa shape index (κ1) is 13.3. The minimum absolute atomic E-state index is 0.0292. The molecule has 0 aromatic rings. The molecule has 3 heteroatoms. The Hall–Kier alpha value is 0.270. The highest BCUT2D eigenvalue weighted by Gasteiger charge is 2.28. The van der Waals surface area contributed by atoms with Gasteiger partial charge in [-0.25, -0.2) is 0 Å². The molecule has 0 radical (unpaired) electrons. The predicted octanol–water partition coefficient (Wildman–Crippen LogP) is 2.33. The highest BCUT2D eigenvalue weighted by Crippen LogP contribution is 2.26. The van der Waals surface area contributed by atoms with Crippen molar-refractivity contribution in [2.45, 2.75) is 56.6 Å². The van der Waals surface area contributed by atoms with Gasteiger partial charge in [-0.15, -0.1) is 0 Å². The first-order chi connectivity index (χ1) is 6.99. The summed E-state index contributed by atoms with van der Waals surface area (Å²) in [6.45, 7) is 12.5. The van der Waals surface area contributed by atoms with Crippen LogP contribution < -0.4 is 5.73 Å². The van der Waals surface area contributed by atoms with Crippen molar-refractivity contribution in [1.29, 1.82) is 0 Å². The Morgan fingerprint density at radius 1 is 1.20 bits per heavy atom. The second-order valence-electron chi connectivity index (χ2n) is 5.02. The number of thioether (sulfide) groups is 1. The van der Waals surface area contributed by atoms with Crippen LogP contribution in [0.4, 0.5) is 0 Å². The molecular weight excluding hydrogens is 204 g/mol. The highest BCUT2D eigenvalue weighted by atomic mass is 32.2. The molecule has 2 nitrogen and oxygen atoms in total. The zero-order chi connectivity index (χ0) is 11.5. The molecule has 90 valence electrons. The van der Waals surface area contributed by atoms with Crippen LogP contribution in [0, 0.1) is 0 Å². The molecule has 1 heterocycles. The van der Waals surface area contributed by atoms with Gasteiger partial charge in [-0.1, -0.05) is 27.7 Å². The van der Waals surface area contributed by atoms with Crippen molar-refractivity contribution in [1.82, 2.24) is 4.90 Å². The fraction of sp³-hybridized carbons (Fsp3) is 1.00. The van der Waals surface area contributed by atoms with Crippen molar-refractivity contribution in [2.75, 3.05) is 19.6 Å². The van der Waals surface area contributed by atoms with Crippen LogP contribution in [0.25, 0.3) is 0 Å². The lowest BCUT2D eigenvalue weighted by Crippen LogP contribution is -2.53.